The van der Waals surface area contributed by atoms with E-state index >= 15 is 0 Å². The molecule has 3 aromatic heterocycles. The van der Waals surface area contributed by atoms with Gasteiger partial charge in [-0.05, 0) is 17.7 Å². The lowest BCUT2D eigenvalue weighted by Crippen LogP contribution is -2.05. The number of fused-ring (bicyclic) bond motifs is 1. The van der Waals surface area contributed by atoms with Crippen LogP contribution in [0, 0.1) is 0 Å². The Kier molecular flexibility index (Phi) is 3.20. The van der Waals surface area contributed by atoms with Gasteiger partial charge in [-0.25, -0.2) is 9.50 Å². The van der Waals surface area contributed by atoms with Crippen LogP contribution in [0.15, 0.2) is 43.0 Å². The minimum atomic E-state index is -4.48. The molecule has 0 aliphatic heterocycles. The normalized spacial score (nSPS) is 11.8. The van der Waals surface area contributed by atoms with E-state index in [0.29, 0.717) is 12.4 Å². The first-order valence-corrected chi connectivity index (χ1v) is 6.08. The fraction of sp³-hybridized carbons (Fsp3) is 0.154. The second-order valence-electron chi connectivity index (χ2n) is 4.34. The van der Waals surface area contributed by atoms with Gasteiger partial charge in [-0.1, -0.05) is 0 Å². The number of hydrogen-bond donors (Lipinski definition) is 1. The number of halogens is 3. The minimum Gasteiger partial charge on any atom is -0.364 e. The molecular formula is C13H10F3N5. The maximum Gasteiger partial charge on any atom is 0.435 e. The van der Waals surface area contributed by atoms with Crippen molar-refractivity contribution in [3.8, 4) is 0 Å². The topological polar surface area (TPSA) is 55.1 Å². The smallest absolute Gasteiger partial charge is 0.364 e. The number of hydrogen-bond acceptors (Lipinski definition) is 4. The summed E-state index contributed by atoms with van der Waals surface area (Å²) in [7, 11) is 0. The van der Waals surface area contributed by atoms with E-state index in [2.05, 4.69) is 20.4 Å². The molecule has 0 aliphatic carbocycles. The predicted octanol–water partition coefficient (Wildman–Crippen LogP) is 2.76. The van der Waals surface area contributed by atoms with Gasteiger partial charge in [0.05, 0.1) is 0 Å². The zero-order valence-corrected chi connectivity index (χ0v) is 10.7. The Morgan fingerprint density at radius 1 is 1.14 bits per heavy atom. The van der Waals surface area contributed by atoms with Gasteiger partial charge in [0.1, 0.15) is 5.52 Å². The Bertz CT molecular complexity index is 751. The molecule has 0 aliphatic rings. The molecule has 0 radical (unpaired) electrons. The molecule has 8 heteroatoms. The van der Waals surface area contributed by atoms with Crippen LogP contribution < -0.4 is 5.32 Å². The van der Waals surface area contributed by atoms with Gasteiger partial charge in [-0.3, -0.25) is 4.98 Å². The fourth-order valence-electron chi connectivity index (χ4n) is 1.88. The third-order valence-electron chi connectivity index (χ3n) is 2.89. The monoisotopic (exact) mass is 293 g/mol. The molecule has 0 fully saturated rings. The molecule has 21 heavy (non-hydrogen) atoms. The van der Waals surface area contributed by atoms with Crippen LogP contribution in [-0.4, -0.2) is 19.6 Å². The Morgan fingerprint density at radius 2 is 1.90 bits per heavy atom. The molecule has 3 rings (SSSR count). The van der Waals surface area contributed by atoms with Crippen molar-refractivity contribution in [1.29, 1.82) is 0 Å². The highest BCUT2D eigenvalue weighted by atomic mass is 19.4. The van der Waals surface area contributed by atoms with E-state index in [1.54, 1.807) is 12.4 Å². The Morgan fingerprint density at radius 3 is 2.62 bits per heavy atom. The van der Waals surface area contributed by atoms with Crippen molar-refractivity contribution in [1.82, 2.24) is 19.6 Å². The zero-order chi connectivity index (χ0) is 14.9. The first kappa shape index (κ1) is 13.3. The standard InChI is InChI=1S/C13H10F3N5/c14-13(15,16)11-7-10-12(18-5-6-21(10)20-11)19-8-9-1-3-17-4-2-9/h1-7H,8H2,(H,18,19). The van der Waals surface area contributed by atoms with E-state index < -0.39 is 11.9 Å². The molecule has 1 N–H and O–H groups in total. The first-order chi connectivity index (χ1) is 10.0. The van der Waals surface area contributed by atoms with E-state index in [4.69, 9.17) is 0 Å². The summed E-state index contributed by atoms with van der Waals surface area (Å²) in [5.74, 6) is 0.345. The van der Waals surface area contributed by atoms with Crippen LogP contribution in [0.25, 0.3) is 5.52 Å². The van der Waals surface area contributed by atoms with Crippen molar-refractivity contribution >= 4 is 11.3 Å². The van der Waals surface area contributed by atoms with Crippen LogP contribution in [0.5, 0.6) is 0 Å². The summed E-state index contributed by atoms with van der Waals surface area (Å²) in [6, 6.07) is 4.59. The van der Waals surface area contributed by atoms with Crippen LogP contribution in [-0.2, 0) is 12.7 Å². The molecule has 3 aromatic rings. The average molecular weight is 293 g/mol. The van der Waals surface area contributed by atoms with E-state index in [9.17, 15) is 13.2 Å². The van der Waals surface area contributed by atoms with Crippen molar-refractivity contribution in [2.24, 2.45) is 0 Å². The molecule has 0 saturated carbocycles. The van der Waals surface area contributed by atoms with E-state index in [1.807, 2.05) is 12.1 Å². The third kappa shape index (κ3) is 2.78. The summed E-state index contributed by atoms with van der Waals surface area (Å²) in [5.41, 5.74) is 0.283. The van der Waals surface area contributed by atoms with Crippen molar-refractivity contribution in [2.45, 2.75) is 12.7 Å². The summed E-state index contributed by atoms with van der Waals surface area (Å²) in [6.07, 6.45) is 1.59. The second-order valence-corrected chi connectivity index (χ2v) is 4.34. The van der Waals surface area contributed by atoms with E-state index in [1.165, 1.54) is 12.4 Å². The number of nitrogens with one attached hydrogen (secondary N) is 1. The number of aromatic nitrogens is 4. The minimum absolute atomic E-state index is 0.277. The van der Waals surface area contributed by atoms with Crippen LogP contribution >= 0.6 is 0 Å². The summed E-state index contributed by atoms with van der Waals surface area (Å²) in [5, 5.41) is 6.50. The van der Waals surface area contributed by atoms with Crippen molar-refractivity contribution in [3.63, 3.8) is 0 Å². The van der Waals surface area contributed by atoms with Gasteiger partial charge in [0, 0.05) is 37.4 Å². The van der Waals surface area contributed by atoms with Gasteiger partial charge in [0.15, 0.2) is 11.5 Å². The Labute approximate surface area is 117 Å². The lowest BCUT2D eigenvalue weighted by molar-refractivity contribution is -0.141. The molecule has 0 spiro atoms. The number of alkyl halides is 3. The average Bonchev–Trinajstić information content (AvgIpc) is 2.91. The maximum absolute atomic E-state index is 12.7. The van der Waals surface area contributed by atoms with Gasteiger partial charge < -0.3 is 5.32 Å². The molecule has 0 aromatic carbocycles. The zero-order valence-electron chi connectivity index (χ0n) is 10.7. The molecular weight excluding hydrogens is 283 g/mol. The van der Waals surface area contributed by atoms with E-state index in [0.717, 1.165) is 16.1 Å². The molecule has 5 nitrogen and oxygen atoms in total. The lowest BCUT2D eigenvalue weighted by Gasteiger charge is -2.06. The van der Waals surface area contributed by atoms with Gasteiger partial charge in [-0.15, -0.1) is 0 Å². The summed E-state index contributed by atoms with van der Waals surface area (Å²) >= 11 is 0. The van der Waals surface area contributed by atoms with Gasteiger partial charge >= 0.3 is 6.18 Å². The first-order valence-electron chi connectivity index (χ1n) is 6.08. The SMILES string of the molecule is FC(F)(F)c1cc2c(NCc3ccncc3)nccn2n1. The van der Waals surface area contributed by atoms with Crippen LogP contribution in [0.2, 0.25) is 0 Å². The number of rotatable bonds is 3. The highest BCUT2D eigenvalue weighted by Crippen LogP contribution is 2.30. The summed E-state index contributed by atoms with van der Waals surface area (Å²) in [6.45, 7) is 0.432. The van der Waals surface area contributed by atoms with Crippen molar-refractivity contribution in [2.75, 3.05) is 5.32 Å². The second kappa shape index (κ2) is 5.04. The van der Waals surface area contributed by atoms with Crippen molar-refractivity contribution in [3.05, 3.63) is 54.2 Å². The summed E-state index contributed by atoms with van der Waals surface area (Å²) in [4.78, 5) is 7.96. The van der Waals surface area contributed by atoms with Gasteiger partial charge in [0.25, 0.3) is 0 Å². The predicted molar refractivity (Wildman–Crippen MR) is 69.6 cm³/mol. The Balaban J connectivity index is 1.90. The lowest BCUT2D eigenvalue weighted by atomic mass is 10.2. The molecule has 0 saturated heterocycles. The largest absolute Gasteiger partial charge is 0.435 e. The fourth-order valence-corrected chi connectivity index (χ4v) is 1.88. The molecule has 3 heterocycles. The van der Waals surface area contributed by atoms with Gasteiger partial charge in [-0.2, -0.15) is 18.3 Å². The molecule has 0 amide bonds. The van der Waals surface area contributed by atoms with Crippen LogP contribution in [0.4, 0.5) is 19.0 Å². The maximum atomic E-state index is 12.7. The van der Waals surface area contributed by atoms with E-state index in [-0.39, 0.29) is 5.52 Å². The molecule has 0 atom stereocenters. The van der Waals surface area contributed by atoms with Gasteiger partial charge in [0.2, 0.25) is 0 Å². The number of pyridine rings is 1. The Hall–Kier alpha value is -2.64. The van der Waals surface area contributed by atoms with Crippen LogP contribution in [0.3, 0.4) is 0 Å². The van der Waals surface area contributed by atoms with Crippen LogP contribution in [0.1, 0.15) is 11.3 Å². The molecule has 108 valence electrons. The third-order valence-corrected chi connectivity index (χ3v) is 2.89. The molecule has 0 unspecified atom stereocenters. The highest BCUT2D eigenvalue weighted by molar-refractivity contribution is 5.67. The van der Waals surface area contributed by atoms with Crippen molar-refractivity contribution < 1.29 is 13.2 Å². The number of nitrogens with zero attached hydrogens (tertiary/aromatic N) is 4. The number of anilines is 1. The molecule has 0 bridgehead atoms. The summed E-state index contributed by atoms with van der Waals surface area (Å²) < 4.78 is 39.2. The highest BCUT2D eigenvalue weighted by Gasteiger charge is 2.34. The quantitative estimate of drug-likeness (QED) is 0.806.